The molecule has 1 unspecified atom stereocenters. The lowest BCUT2D eigenvalue weighted by atomic mass is 10.1. The number of nitrogens with zero attached hydrogens (tertiary/aromatic N) is 1. The number of hydrogen-bond acceptors (Lipinski definition) is 3. The Morgan fingerprint density at radius 2 is 2.06 bits per heavy atom. The van der Waals surface area contributed by atoms with Gasteiger partial charge in [-0.25, -0.2) is 0 Å². The first kappa shape index (κ1) is 14.1. The van der Waals surface area contributed by atoms with Crippen molar-refractivity contribution in [2.45, 2.75) is 13.1 Å². The molecule has 0 spiro atoms. The fraction of sp³-hybridized carbons (Fsp3) is 0.364. The van der Waals surface area contributed by atoms with Gasteiger partial charge in [0.05, 0.1) is 18.1 Å². The Morgan fingerprint density at radius 1 is 1.44 bits per heavy atom. The molecule has 0 aliphatic heterocycles. The number of ether oxygens (including phenoxy) is 1. The number of hydrogen-bond donors (Lipinski definition) is 2. The summed E-state index contributed by atoms with van der Waals surface area (Å²) in [4.78, 5) is 0. The minimum absolute atomic E-state index is 0.0977. The van der Waals surface area contributed by atoms with Crippen molar-refractivity contribution in [3.63, 3.8) is 0 Å². The van der Waals surface area contributed by atoms with Gasteiger partial charge in [-0.15, -0.1) is 0 Å². The second kappa shape index (κ2) is 5.61. The maximum absolute atomic E-state index is 12.6. The summed E-state index contributed by atoms with van der Waals surface area (Å²) in [6, 6.07) is 4.88. The largest absolute Gasteiger partial charge is 0.492 e. The third-order valence-corrected chi connectivity index (χ3v) is 2.30. The zero-order valence-corrected chi connectivity index (χ0v) is 9.61. The summed E-state index contributed by atoms with van der Waals surface area (Å²) in [5, 5.41) is 11.2. The number of alkyl halides is 3. The van der Waals surface area contributed by atoms with E-state index in [1.807, 2.05) is 0 Å². The van der Waals surface area contributed by atoms with Crippen LogP contribution in [0.2, 0.25) is 0 Å². The number of oxime groups is 1. The molecule has 4 nitrogen and oxygen atoms in total. The first-order valence-corrected chi connectivity index (χ1v) is 5.12. The Kier molecular flexibility index (Phi) is 4.41. The van der Waals surface area contributed by atoms with E-state index in [4.69, 9.17) is 15.7 Å². The standard InChI is InChI=1S/C11H13F3N2O2/c1-7(10(15)16-17)6-18-9-5-3-2-4-8(9)11(12,13)14/h2-5,7,17H,6H2,1H3,(H2,15,16). The van der Waals surface area contributed by atoms with Crippen LogP contribution in [0.5, 0.6) is 5.75 Å². The van der Waals surface area contributed by atoms with E-state index in [1.54, 1.807) is 6.92 Å². The van der Waals surface area contributed by atoms with Crippen LogP contribution in [0.25, 0.3) is 0 Å². The molecule has 1 rings (SSSR count). The van der Waals surface area contributed by atoms with Crippen molar-refractivity contribution < 1.29 is 23.1 Å². The molecule has 0 radical (unpaired) electrons. The molecule has 0 aromatic heterocycles. The molecule has 1 aromatic rings. The summed E-state index contributed by atoms with van der Waals surface area (Å²) in [6.45, 7) is 1.47. The Bertz CT molecular complexity index is 433. The molecule has 1 atom stereocenters. The molecule has 100 valence electrons. The predicted octanol–water partition coefficient (Wildman–Crippen LogP) is 2.47. The van der Waals surface area contributed by atoms with Crippen LogP contribution in [-0.2, 0) is 6.18 Å². The van der Waals surface area contributed by atoms with E-state index in [0.29, 0.717) is 0 Å². The number of halogens is 3. The van der Waals surface area contributed by atoms with Gasteiger partial charge >= 0.3 is 6.18 Å². The minimum Gasteiger partial charge on any atom is -0.492 e. The highest BCUT2D eigenvalue weighted by molar-refractivity contribution is 5.81. The highest BCUT2D eigenvalue weighted by Crippen LogP contribution is 2.35. The Hall–Kier alpha value is -1.92. The lowest BCUT2D eigenvalue weighted by molar-refractivity contribution is -0.139. The molecule has 0 aliphatic carbocycles. The van der Waals surface area contributed by atoms with E-state index in [9.17, 15) is 13.2 Å². The summed E-state index contributed by atoms with van der Waals surface area (Å²) in [5.74, 6) is -0.863. The van der Waals surface area contributed by atoms with Gasteiger partial charge in [-0.2, -0.15) is 13.2 Å². The number of amidine groups is 1. The molecule has 0 saturated heterocycles. The normalized spacial score (nSPS) is 14.3. The van der Waals surface area contributed by atoms with Crippen LogP contribution in [0.4, 0.5) is 13.2 Å². The van der Waals surface area contributed by atoms with Gasteiger partial charge in [0.25, 0.3) is 0 Å². The summed E-state index contributed by atoms with van der Waals surface area (Å²) in [5.41, 5.74) is 4.45. The first-order chi connectivity index (χ1) is 8.36. The average molecular weight is 262 g/mol. The van der Waals surface area contributed by atoms with Crippen LogP contribution in [0.15, 0.2) is 29.4 Å². The Morgan fingerprint density at radius 3 is 2.61 bits per heavy atom. The molecule has 0 fully saturated rings. The van der Waals surface area contributed by atoms with Crippen molar-refractivity contribution in [1.29, 1.82) is 0 Å². The monoisotopic (exact) mass is 262 g/mol. The lowest BCUT2D eigenvalue weighted by Crippen LogP contribution is -2.26. The fourth-order valence-corrected chi connectivity index (χ4v) is 1.23. The van der Waals surface area contributed by atoms with Gasteiger partial charge in [-0.3, -0.25) is 0 Å². The molecule has 0 bridgehead atoms. The first-order valence-electron chi connectivity index (χ1n) is 5.12. The summed E-state index contributed by atoms with van der Waals surface area (Å²) in [6.07, 6.45) is -4.48. The molecular formula is C11H13F3N2O2. The zero-order chi connectivity index (χ0) is 13.8. The van der Waals surface area contributed by atoms with Gasteiger partial charge in [-0.05, 0) is 12.1 Å². The van der Waals surface area contributed by atoms with Crippen molar-refractivity contribution >= 4 is 5.84 Å². The molecule has 7 heteroatoms. The van der Waals surface area contributed by atoms with E-state index >= 15 is 0 Å². The van der Waals surface area contributed by atoms with Gasteiger partial charge in [0.1, 0.15) is 11.6 Å². The molecule has 3 N–H and O–H groups in total. The van der Waals surface area contributed by atoms with E-state index in [-0.39, 0.29) is 18.2 Å². The van der Waals surface area contributed by atoms with Crippen LogP contribution < -0.4 is 10.5 Å². The molecule has 0 aliphatic rings. The van der Waals surface area contributed by atoms with Gasteiger partial charge in [0.15, 0.2) is 0 Å². The smallest absolute Gasteiger partial charge is 0.419 e. The van der Waals surface area contributed by atoms with Gasteiger partial charge in [0.2, 0.25) is 0 Å². The number of nitrogens with two attached hydrogens (primary N) is 1. The fourth-order valence-electron chi connectivity index (χ4n) is 1.23. The highest BCUT2D eigenvalue weighted by Gasteiger charge is 2.34. The van der Waals surface area contributed by atoms with E-state index in [2.05, 4.69) is 5.16 Å². The third-order valence-electron chi connectivity index (χ3n) is 2.30. The highest BCUT2D eigenvalue weighted by atomic mass is 19.4. The van der Waals surface area contributed by atoms with Crippen LogP contribution in [0.3, 0.4) is 0 Å². The SMILES string of the molecule is CC(COc1ccccc1C(F)(F)F)/C(N)=N/O. The van der Waals surface area contributed by atoms with Gasteiger partial charge < -0.3 is 15.7 Å². The van der Waals surface area contributed by atoms with Gasteiger partial charge in [0, 0.05) is 0 Å². The number of benzene rings is 1. The Balaban J connectivity index is 2.80. The Labute approximate surface area is 102 Å². The van der Waals surface area contributed by atoms with Crippen LogP contribution in [-0.4, -0.2) is 17.6 Å². The van der Waals surface area contributed by atoms with E-state index in [1.165, 1.54) is 18.2 Å². The maximum atomic E-state index is 12.6. The second-order valence-corrected chi connectivity index (χ2v) is 3.73. The van der Waals surface area contributed by atoms with Gasteiger partial charge in [-0.1, -0.05) is 24.2 Å². The molecule has 0 heterocycles. The zero-order valence-electron chi connectivity index (χ0n) is 9.61. The van der Waals surface area contributed by atoms with Crippen LogP contribution in [0, 0.1) is 5.92 Å². The van der Waals surface area contributed by atoms with Crippen molar-refractivity contribution in [1.82, 2.24) is 0 Å². The molecule has 0 saturated carbocycles. The quantitative estimate of drug-likeness (QED) is 0.379. The predicted molar refractivity (Wildman–Crippen MR) is 59.5 cm³/mol. The molecule has 18 heavy (non-hydrogen) atoms. The van der Waals surface area contributed by atoms with Crippen molar-refractivity contribution in [3.05, 3.63) is 29.8 Å². The minimum atomic E-state index is -4.48. The maximum Gasteiger partial charge on any atom is 0.419 e. The van der Waals surface area contributed by atoms with Crippen LogP contribution in [0.1, 0.15) is 12.5 Å². The number of rotatable bonds is 4. The van der Waals surface area contributed by atoms with E-state index in [0.717, 1.165) is 6.07 Å². The molecule has 0 amide bonds. The summed E-state index contributed by atoms with van der Waals surface area (Å²) < 4.78 is 42.9. The second-order valence-electron chi connectivity index (χ2n) is 3.73. The lowest BCUT2D eigenvalue weighted by Gasteiger charge is -2.16. The van der Waals surface area contributed by atoms with Crippen molar-refractivity contribution in [2.24, 2.45) is 16.8 Å². The summed E-state index contributed by atoms with van der Waals surface area (Å²) >= 11 is 0. The van der Waals surface area contributed by atoms with Crippen molar-refractivity contribution in [3.8, 4) is 5.75 Å². The topological polar surface area (TPSA) is 67.8 Å². The average Bonchev–Trinajstić information content (AvgIpc) is 2.34. The third kappa shape index (κ3) is 3.54. The number of para-hydroxylation sites is 1. The van der Waals surface area contributed by atoms with Crippen LogP contribution >= 0.6 is 0 Å². The van der Waals surface area contributed by atoms with E-state index < -0.39 is 17.7 Å². The molecule has 1 aromatic carbocycles. The summed E-state index contributed by atoms with van der Waals surface area (Å²) in [7, 11) is 0. The molecular weight excluding hydrogens is 249 g/mol. The van der Waals surface area contributed by atoms with Crippen molar-refractivity contribution in [2.75, 3.05) is 6.61 Å².